The van der Waals surface area contributed by atoms with Crippen LogP contribution < -0.4 is 26.1 Å². The van der Waals surface area contributed by atoms with Crippen LogP contribution in [0.5, 0.6) is 0 Å². The molecule has 6 rings (SSSR count). The van der Waals surface area contributed by atoms with Gasteiger partial charge in [0.25, 0.3) is 15.6 Å². The van der Waals surface area contributed by atoms with Crippen LogP contribution in [0.15, 0.2) is 36.6 Å². The number of nitrogens with zero attached hydrogens (tertiary/aromatic N) is 6. The van der Waals surface area contributed by atoms with Crippen LogP contribution in [0.2, 0.25) is 0 Å². The summed E-state index contributed by atoms with van der Waals surface area (Å²) in [4.78, 5) is 59.6. The van der Waals surface area contributed by atoms with Crippen molar-refractivity contribution in [3.05, 3.63) is 53.5 Å². The summed E-state index contributed by atoms with van der Waals surface area (Å²) in [6, 6.07) is -0.632. The number of Topliss-reactive ketones (excluding diaryl/α,β-unsaturated/α-hetero) is 1. The number of carbonyl (C=O) groups excluding carboxylic acids is 1. The fourth-order valence-corrected chi connectivity index (χ4v) is 10.2. The Morgan fingerprint density at radius 1 is 1.13 bits per heavy atom. The number of nitrogen functional groups attached to an aromatic ring is 1. The van der Waals surface area contributed by atoms with Crippen molar-refractivity contribution in [2.75, 3.05) is 12.3 Å². The largest absolute Gasteiger partial charge is 0.777 e. The molecule has 6 N–H and O–H groups in total. The zero-order chi connectivity index (χ0) is 38.3. The molecule has 3 aromatic rings. The first kappa shape index (κ1) is 38.7. The van der Waals surface area contributed by atoms with Crippen LogP contribution in [0.25, 0.3) is 17.2 Å². The van der Waals surface area contributed by atoms with E-state index in [0.717, 1.165) is 23.3 Å². The summed E-state index contributed by atoms with van der Waals surface area (Å²) in [5, 5.41) is 20.9. The monoisotopic (exact) mass is 810 g/mol. The molecule has 6 unspecified atom stereocenters. The van der Waals surface area contributed by atoms with E-state index < -0.39 is 83.1 Å². The van der Waals surface area contributed by atoms with E-state index in [2.05, 4.69) is 40.7 Å². The number of fused-ring (bicyclic) bond motifs is 3. The highest BCUT2D eigenvalue weighted by Crippen LogP contribution is 2.64. The quantitative estimate of drug-likeness (QED) is 0.0616. The zero-order valence-corrected chi connectivity index (χ0v) is 30.0. The molecule has 1 fully saturated rings. The van der Waals surface area contributed by atoms with Crippen molar-refractivity contribution >= 4 is 70.4 Å². The van der Waals surface area contributed by atoms with Crippen LogP contribution in [0.3, 0.4) is 0 Å². The molecule has 6 heterocycles. The number of carbonyl (C=O) groups is 1. The Labute approximate surface area is 296 Å². The average molecular weight is 811 g/mol. The molecular formula is C25H27F2N8O13P3S-2. The van der Waals surface area contributed by atoms with Gasteiger partial charge in [0.15, 0.2) is 37.1 Å². The van der Waals surface area contributed by atoms with Crippen molar-refractivity contribution in [1.82, 2.24) is 24.1 Å². The van der Waals surface area contributed by atoms with Gasteiger partial charge in [-0.2, -0.15) is 12.6 Å². The lowest BCUT2D eigenvalue weighted by molar-refractivity contribution is -0.674. The zero-order valence-electron chi connectivity index (χ0n) is 26.4. The van der Waals surface area contributed by atoms with E-state index in [0.29, 0.717) is 14.7 Å². The Hall–Kier alpha value is -3.05. The van der Waals surface area contributed by atoms with Gasteiger partial charge < -0.3 is 50.2 Å². The summed E-state index contributed by atoms with van der Waals surface area (Å²) in [7, 11) is -18.6. The molecule has 0 bridgehead atoms. The summed E-state index contributed by atoms with van der Waals surface area (Å²) in [6.45, 7) is 1.86. The van der Waals surface area contributed by atoms with Crippen molar-refractivity contribution in [1.29, 1.82) is 0 Å². The molecule has 282 valence electrons. The van der Waals surface area contributed by atoms with Crippen LogP contribution in [0.1, 0.15) is 23.2 Å². The minimum Gasteiger partial charge on any atom is -0.777 e. The van der Waals surface area contributed by atoms with Gasteiger partial charge in [-0.15, -0.1) is 13.4 Å². The third-order valence-electron chi connectivity index (χ3n) is 8.18. The van der Waals surface area contributed by atoms with E-state index in [-0.39, 0.29) is 34.1 Å². The number of nitrogens with two attached hydrogens (primary N) is 2. The second-order valence-corrected chi connectivity index (χ2v) is 17.5. The number of aromatic nitrogens is 5. The summed E-state index contributed by atoms with van der Waals surface area (Å²) in [5.74, 6) is -1.64. The first-order valence-electron chi connectivity index (χ1n) is 14.6. The van der Waals surface area contributed by atoms with Crippen molar-refractivity contribution in [2.45, 2.75) is 55.6 Å². The number of hydrogen-bond donors (Lipinski definition) is 5. The summed E-state index contributed by atoms with van der Waals surface area (Å²) >= 11 is 3.59. The lowest BCUT2D eigenvalue weighted by Gasteiger charge is -2.37. The first-order chi connectivity index (χ1) is 24.1. The number of aliphatic hydroxyl groups is 2. The van der Waals surface area contributed by atoms with Gasteiger partial charge in [0.05, 0.1) is 18.6 Å². The molecule has 3 aliphatic rings. The van der Waals surface area contributed by atoms with Gasteiger partial charge in [-0.1, -0.05) is 0 Å². The smallest absolute Gasteiger partial charge is 0.565 e. The number of rotatable bonds is 12. The minimum atomic E-state index is -6.46. The Balaban J connectivity index is 1.10. The number of alkyl halides is 2. The second-order valence-electron chi connectivity index (χ2n) is 11.6. The standard InChI is InChI=1S/C25H29F2N8O13P3S/c1-10-5-11(2)34-14(10)6-12-3-4-13(35(12)25(34,26)27)16(28)19(37)24(52)49(39,40)47-51(43,44)48-50(41,42)45-7-15-18(36)20(38)23(46-15)33-9-32-17-21(29)30-8-31-22(17)33/h3-6,8-9,15-16,18,20,23-24,36,38H,7,28H2,1-2H3,(H5-,29,30,31,39,40,41,42,43,44,52)/p-2/t15-,16?,18?,20+,23-,24?/m1/s1. The molecule has 3 aliphatic heterocycles. The Morgan fingerprint density at radius 3 is 2.52 bits per heavy atom. The van der Waals surface area contributed by atoms with Gasteiger partial charge in [-0.3, -0.25) is 22.8 Å². The fraction of sp³-hybridized carbons (Fsp3) is 0.400. The molecule has 52 heavy (non-hydrogen) atoms. The van der Waals surface area contributed by atoms with Crippen LogP contribution >= 0.6 is 35.9 Å². The number of phosphoric ester groups is 1. The molecule has 0 saturated carbocycles. The molecule has 27 heteroatoms. The average Bonchev–Trinajstić information content (AvgIpc) is 3.79. The molecule has 3 aromatic heterocycles. The molecule has 0 amide bonds. The maximum absolute atomic E-state index is 15.7. The van der Waals surface area contributed by atoms with Gasteiger partial charge in [-0.05, 0) is 25.5 Å². The topological polar surface area (TPSA) is 318 Å². The molecule has 0 aliphatic carbocycles. The summed E-state index contributed by atoms with van der Waals surface area (Å²) < 4.78 is 88.9. The number of allylic oxidation sites excluding steroid dienone is 1. The minimum absolute atomic E-state index is 0.0196. The van der Waals surface area contributed by atoms with E-state index in [1.165, 1.54) is 25.1 Å². The lowest BCUT2D eigenvalue weighted by Crippen LogP contribution is -2.50. The molecule has 21 nitrogen and oxygen atoms in total. The number of imidazole rings is 1. The SMILES string of the molecule is Cc1cc(C)n2c1C=C1C=CC(C(N)C(=O)C(S)P(=O)([O-])OP(=O)([O-])OP(=O)([O-])OC[C@H]3O[C@@H](n4cnc5c(N)ncnc54)[C@@H](O)C3O)=[N+]1C2(F)F. The normalized spacial score (nSPS) is 27.0. The molecule has 0 spiro atoms. The first-order valence-corrected chi connectivity index (χ1v) is 19.7. The highest BCUT2D eigenvalue weighted by molar-refractivity contribution is 7.91. The Morgan fingerprint density at radius 2 is 1.83 bits per heavy atom. The maximum Gasteiger partial charge on any atom is 0.565 e. The van der Waals surface area contributed by atoms with E-state index in [1.807, 2.05) is 0 Å². The number of aryl methyl sites for hydroxylation is 2. The summed E-state index contributed by atoms with van der Waals surface area (Å²) in [6.07, 6.45) is -4.60. The molecule has 0 aromatic carbocycles. The number of hydrogen-bond acceptors (Lipinski definition) is 19. The number of thiol groups is 1. The van der Waals surface area contributed by atoms with Crippen molar-refractivity contribution in [3.63, 3.8) is 0 Å². The fourth-order valence-electron chi connectivity index (χ4n) is 5.85. The van der Waals surface area contributed by atoms with Crippen molar-refractivity contribution in [2.24, 2.45) is 5.73 Å². The molecular weight excluding hydrogens is 783 g/mol. The predicted octanol–water partition coefficient (Wildman–Crippen LogP) is -1.28. The molecule has 9 atom stereocenters. The molecule has 0 radical (unpaired) electrons. The highest BCUT2D eigenvalue weighted by atomic mass is 32.1. The van der Waals surface area contributed by atoms with Crippen molar-refractivity contribution in [3.8, 4) is 0 Å². The van der Waals surface area contributed by atoms with E-state index in [4.69, 9.17) is 16.2 Å². The Bertz CT molecular complexity index is 2230. The number of ketones is 1. The van der Waals surface area contributed by atoms with E-state index >= 15 is 8.78 Å². The van der Waals surface area contributed by atoms with Crippen molar-refractivity contribution < 1.29 is 74.6 Å². The number of phosphoric acid groups is 2. The van der Waals surface area contributed by atoms with Crippen LogP contribution in [-0.4, -0.2) is 86.3 Å². The predicted molar refractivity (Wildman–Crippen MR) is 169 cm³/mol. The van der Waals surface area contributed by atoms with Gasteiger partial charge in [0.2, 0.25) is 11.4 Å². The number of aliphatic hydroxyl groups excluding tert-OH is 2. The lowest BCUT2D eigenvalue weighted by atomic mass is 10.1. The van der Waals surface area contributed by atoms with Gasteiger partial charge in [0.1, 0.15) is 35.1 Å². The van der Waals surface area contributed by atoms with Crippen LogP contribution in [0.4, 0.5) is 14.6 Å². The highest BCUT2D eigenvalue weighted by Gasteiger charge is 2.56. The maximum atomic E-state index is 15.7. The number of halogens is 2. The van der Waals surface area contributed by atoms with Crippen LogP contribution in [-0.2, 0) is 42.5 Å². The Kier molecular flexibility index (Phi) is 9.93. The number of ether oxygens (including phenoxy) is 1. The third kappa shape index (κ3) is 6.78. The van der Waals surface area contributed by atoms with E-state index in [9.17, 15) is 43.4 Å². The number of anilines is 1. The van der Waals surface area contributed by atoms with Gasteiger partial charge in [0, 0.05) is 23.9 Å². The molecule has 1 saturated heterocycles. The summed E-state index contributed by atoms with van der Waals surface area (Å²) in [5.41, 5.74) is 12.0. The van der Waals surface area contributed by atoms with Gasteiger partial charge >= 0.3 is 6.17 Å². The van der Waals surface area contributed by atoms with E-state index in [1.54, 1.807) is 6.92 Å². The second kappa shape index (κ2) is 13.4. The third-order valence-corrected chi connectivity index (χ3v) is 13.9. The van der Waals surface area contributed by atoms with Crippen LogP contribution in [0, 0.1) is 13.8 Å². The van der Waals surface area contributed by atoms with Gasteiger partial charge in [-0.25, -0.2) is 23.8 Å².